The van der Waals surface area contributed by atoms with Crippen LogP contribution in [0.25, 0.3) is 11.0 Å². The number of carbonyl (C=O) groups excluding carboxylic acids is 1. The molecule has 2 aromatic rings. The van der Waals surface area contributed by atoms with Crippen LogP contribution in [0.2, 0.25) is 0 Å². The van der Waals surface area contributed by atoms with Gasteiger partial charge in [0.15, 0.2) is 0 Å². The first-order valence-corrected chi connectivity index (χ1v) is 7.20. The van der Waals surface area contributed by atoms with Gasteiger partial charge in [-0.05, 0) is 36.6 Å². The van der Waals surface area contributed by atoms with E-state index in [0.717, 1.165) is 36.0 Å². The Hall–Kier alpha value is -2.14. The highest BCUT2D eigenvalue weighted by molar-refractivity contribution is 5.87. The van der Waals surface area contributed by atoms with Crippen molar-refractivity contribution >= 4 is 16.9 Å². The summed E-state index contributed by atoms with van der Waals surface area (Å²) in [7, 11) is 0. The number of aliphatic hydroxyl groups excluding tert-OH is 1. The highest BCUT2D eigenvalue weighted by atomic mass is 16.3. The fraction of sp³-hybridized carbons (Fsp3) is 0.375. The monoisotopic (exact) mass is 285 g/mol. The van der Waals surface area contributed by atoms with E-state index in [4.69, 9.17) is 0 Å². The third-order valence-electron chi connectivity index (χ3n) is 4.10. The molecule has 2 heterocycles. The minimum atomic E-state index is -0.00770. The average Bonchev–Trinajstić information content (AvgIpc) is 2.97. The quantitative estimate of drug-likeness (QED) is 0.876. The Morgan fingerprint density at radius 3 is 3.14 bits per heavy atom. The zero-order valence-corrected chi connectivity index (χ0v) is 11.9. The lowest BCUT2D eigenvalue weighted by Gasteiger charge is -2.33. The van der Waals surface area contributed by atoms with E-state index >= 15 is 0 Å². The summed E-state index contributed by atoms with van der Waals surface area (Å²) in [6.07, 6.45) is 5.23. The molecule has 5 nitrogen and oxygen atoms in total. The topological polar surface area (TPSA) is 58.4 Å². The molecule has 0 saturated carbocycles. The maximum absolute atomic E-state index is 11.8. The van der Waals surface area contributed by atoms with E-state index in [2.05, 4.69) is 16.1 Å². The minimum Gasteiger partial charge on any atom is -0.392 e. The normalized spacial score (nSPS) is 18.9. The second kappa shape index (κ2) is 5.69. The van der Waals surface area contributed by atoms with Crippen LogP contribution in [-0.4, -0.2) is 38.6 Å². The van der Waals surface area contributed by atoms with Gasteiger partial charge in [0, 0.05) is 13.1 Å². The molecular weight excluding hydrogens is 266 g/mol. The van der Waals surface area contributed by atoms with E-state index < -0.39 is 0 Å². The maximum atomic E-state index is 11.8. The van der Waals surface area contributed by atoms with E-state index in [1.807, 2.05) is 29.4 Å². The lowest BCUT2D eigenvalue weighted by Crippen LogP contribution is -2.39. The largest absolute Gasteiger partial charge is 0.392 e. The average molecular weight is 285 g/mol. The van der Waals surface area contributed by atoms with E-state index in [1.54, 1.807) is 0 Å². The van der Waals surface area contributed by atoms with Crippen LogP contribution >= 0.6 is 0 Å². The second-order valence-corrected chi connectivity index (χ2v) is 5.42. The standard InChI is InChI=1S/C16H19N3O2/c1-2-16(21)18-7-3-4-13(9-18)19-11-17-14-8-12(10-20)5-6-15(14)19/h2,5-6,8,11,13,20H,1,3-4,7,9-10H2. The van der Waals surface area contributed by atoms with Gasteiger partial charge in [-0.2, -0.15) is 0 Å². The number of hydrogen-bond acceptors (Lipinski definition) is 3. The molecule has 1 amide bonds. The molecule has 21 heavy (non-hydrogen) atoms. The summed E-state index contributed by atoms with van der Waals surface area (Å²) in [4.78, 5) is 18.0. The molecule has 0 spiro atoms. The van der Waals surface area contributed by atoms with Crippen molar-refractivity contribution in [2.45, 2.75) is 25.5 Å². The first-order chi connectivity index (χ1) is 10.2. The number of rotatable bonds is 3. The van der Waals surface area contributed by atoms with Gasteiger partial charge < -0.3 is 14.6 Å². The Balaban J connectivity index is 1.89. The molecule has 1 aliphatic heterocycles. The van der Waals surface area contributed by atoms with Crippen LogP contribution < -0.4 is 0 Å². The summed E-state index contributed by atoms with van der Waals surface area (Å²) in [5, 5.41) is 9.19. The summed E-state index contributed by atoms with van der Waals surface area (Å²) in [6, 6.07) is 6.05. The molecule has 1 aromatic heterocycles. The van der Waals surface area contributed by atoms with Crippen molar-refractivity contribution < 1.29 is 9.90 Å². The lowest BCUT2D eigenvalue weighted by molar-refractivity contribution is -0.127. The number of benzene rings is 1. The number of fused-ring (bicyclic) bond motifs is 1. The first kappa shape index (κ1) is 13.8. The molecule has 1 N–H and O–H groups in total. The van der Waals surface area contributed by atoms with Crippen LogP contribution in [0.1, 0.15) is 24.4 Å². The van der Waals surface area contributed by atoms with Gasteiger partial charge in [-0.15, -0.1) is 0 Å². The SMILES string of the molecule is C=CC(=O)N1CCCC(n2cnc3cc(CO)ccc32)C1. The number of piperidine rings is 1. The van der Waals surface area contributed by atoms with Crippen LogP contribution in [-0.2, 0) is 11.4 Å². The second-order valence-electron chi connectivity index (χ2n) is 5.42. The number of aromatic nitrogens is 2. The van der Waals surface area contributed by atoms with E-state index in [-0.39, 0.29) is 18.6 Å². The van der Waals surface area contributed by atoms with E-state index in [0.29, 0.717) is 6.54 Å². The highest BCUT2D eigenvalue weighted by Gasteiger charge is 2.24. The maximum Gasteiger partial charge on any atom is 0.246 e. The van der Waals surface area contributed by atoms with Gasteiger partial charge in [0.05, 0.1) is 30.0 Å². The molecule has 1 aliphatic rings. The van der Waals surface area contributed by atoms with Crippen molar-refractivity contribution in [2.75, 3.05) is 13.1 Å². The zero-order chi connectivity index (χ0) is 14.8. The van der Waals surface area contributed by atoms with Crippen molar-refractivity contribution in [1.29, 1.82) is 0 Å². The van der Waals surface area contributed by atoms with Gasteiger partial charge in [-0.25, -0.2) is 4.98 Å². The molecule has 1 fully saturated rings. The molecule has 0 bridgehead atoms. The molecule has 0 radical (unpaired) electrons. The molecule has 1 unspecified atom stereocenters. The van der Waals surface area contributed by atoms with Gasteiger partial charge in [-0.1, -0.05) is 12.6 Å². The summed E-state index contributed by atoms with van der Waals surface area (Å²) in [5.41, 5.74) is 2.79. The molecule has 3 rings (SSSR count). The minimum absolute atomic E-state index is 0.00770. The third-order valence-corrected chi connectivity index (χ3v) is 4.10. The van der Waals surface area contributed by atoms with Crippen molar-refractivity contribution in [3.63, 3.8) is 0 Å². The third kappa shape index (κ3) is 2.56. The number of aliphatic hydroxyl groups is 1. The van der Waals surface area contributed by atoms with Gasteiger partial charge in [-0.3, -0.25) is 4.79 Å². The van der Waals surface area contributed by atoms with Crippen LogP contribution in [0.15, 0.2) is 37.2 Å². The molecule has 5 heteroatoms. The smallest absolute Gasteiger partial charge is 0.246 e. The van der Waals surface area contributed by atoms with Gasteiger partial charge in [0.25, 0.3) is 0 Å². The number of hydrogen-bond donors (Lipinski definition) is 1. The Labute approximate surface area is 123 Å². The summed E-state index contributed by atoms with van der Waals surface area (Å²) in [6.45, 7) is 5.07. The molecule has 1 saturated heterocycles. The van der Waals surface area contributed by atoms with Gasteiger partial charge >= 0.3 is 0 Å². The van der Waals surface area contributed by atoms with Crippen LogP contribution in [0.3, 0.4) is 0 Å². The van der Waals surface area contributed by atoms with Crippen LogP contribution in [0.4, 0.5) is 0 Å². The number of amides is 1. The highest BCUT2D eigenvalue weighted by Crippen LogP contribution is 2.26. The number of likely N-dealkylation sites (tertiary alicyclic amines) is 1. The first-order valence-electron chi connectivity index (χ1n) is 7.20. The number of carbonyl (C=O) groups is 1. The zero-order valence-electron chi connectivity index (χ0n) is 11.9. The summed E-state index contributed by atoms with van der Waals surface area (Å²) < 4.78 is 2.14. The summed E-state index contributed by atoms with van der Waals surface area (Å²) in [5.74, 6) is -0.00770. The molecule has 1 atom stereocenters. The van der Waals surface area contributed by atoms with Crippen LogP contribution in [0.5, 0.6) is 0 Å². The summed E-state index contributed by atoms with van der Waals surface area (Å²) >= 11 is 0. The predicted octanol–water partition coefficient (Wildman–Crippen LogP) is 1.88. The van der Waals surface area contributed by atoms with Crippen LogP contribution in [0, 0.1) is 0 Å². The lowest BCUT2D eigenvalue weighted by atomic mass is 10.0. The van der Waals surface area contributed by atoms with Crippen molar-refractivity contribution in [2.24, 2.45) is 0 Å². The molecular formula is C16H19N3O2. The predicted molar refractivity (Wildman–Crippen MR) is 80.7 cm³/mol. The van der Waals surface area contributed by atoms with E-state index in [9.17, 15) is 9.90 Å². The van der Waals surface area contributed by atoms with Gasteiger partial charge in [0.2, 0.25) is 5.91 Å². The Bertz CT molecular complexity index is 677. The fourth-order valence-corrected chi connectivity index (χ4v) is 2.98. The van der Waals surface area contributed by atoms with Gasteiger partial charge in [0.1, 0.15) is 0 Å². The fourth-order valence-electron chi connectivity index (χ4n) is 2.98. The van der Waals surface area contributed by atoms with Crippen molar-refractivity contribution in [3.8, 4) is 0 Å². The van der Waals surface area contributed by atoms with Crippen molar-refractivity contribution in [3.05, 3.63) is 42.7 Å². The molecule has 0 aliphatic carbocycles. The Morgan fingerprint density at radius 2 is 2.38 bits per heavy atom. The van der Waals surface area contributed by atoms with E-state index in [1.165, 1.54) is 6.08 Å². The van der Waals surface area contributed by atoms with Crippen molar-refractivity contribution in [1.82, 2.24) is 14.5 Å². The molecule has 1 aromatic carbocycles. The Kier molecular flexibility index (Phi) is 3.75. The number of nitrogens with zero attached hydrogens (tertiary/aromatic N) is 3. The Morgan fingerprint density at radius 1 is 1.52 bits per heavy atom. The number of imidazole rings is 1. The molecule has 110 valence electrons.